The average Bonchev–Trinajstić information content (AvgIpc) is 2.20. The van der Waals surface area contributed by atoms with E-state index in [0.29, 0.717) is 11.4 Å². The molecule has 1 aromatic heterocycles. The highest BCUT2D eigenvalue weighted by Gasteiger charge is 2.04. The minimum atomic E-state index is -0.297. The lowest BCUT2D eigenvalue weighted by Gasteiger charge is -1.99. The molecule has 64 valence electrons. The van der Waals surface area contributed by atoms with Crippen LogP contribution in [-0.2, 0) is 0 Å². The van der Waals surface area contributed by atoms with Gasteiger partial charge in [-0.3, -0.25) is 0 Å². The molecular weight excluding hydrogens is 167 g/mol. The number of benzene rings is 1. The van der Waals surface area contributed by atoms with Gasteiger partial charge in [0.2, 0.25) is 0 Å². The van der Waals surface area contributed by atoms with Gasteiger partial charge in [-0.25, -0.2) is 14.4 Å². The molecule has 0 spiro atoms. The quantitative estimate of drug-likeness (QED) is 0.662. The van der Waals surface area contributed by atoms with Gasteiger partial charge in [0.1, 0.15) is 5.82 Å². The Balaban J connectivity index is 2.54. The molecule has 2 nitrogen and oxygen atoms in total. The lowest BCUT2D eigenvalue weighted by atomic mass is 10.2. The number of hydrogen-bond donors (Lipinski definition) is 0. The summed E-state index contributed by atoms with van der Waals surface area (Å²) in [7, 11) is 0. The van der Waals surface area contributed by atoms with Crippen LogP contribution in [0.3, 0.4) is 0 Å². The molecule has 0 aliphatic carbocycles. The SMILES string of the molecule is Fc1ccccc1-c1ncccn1. The smallest absolute Gasteiger partial charge is 0.162 e. The average molecular weight is 174 g/mol. The fourth-order valence-electron chi connectivity index (χ4n) is 1.08. The fraction of sp³-hybridized carbons (Fsp3) is 0. The van der Waals surface area contributed by atoms with Crippen molar-refractivity contribution in [2.45, 2.75) is 0 Å². The lowest BCUT2D eigenvalue weighted by molar-refractivity contribution is 0.630. The number of rotatable bonds is 1. The van der Waals surface area contributed by atoms with Crippen LogP contribution in [0, 0.1) is 5.82 Å². The van der Waals surface area contributed by atoms with E-state index in [1.165, 1.54) is 6.07 Å². The zero-order chi connectivity index (χ0) is 9.10. The van der Waals surface area contributed by atoms with Gasteiger partial charge in [0.05, 0.1) is 5.56 Å². The molecule has 2 rings (SSSR count). The predicted molar refractivity (Wildman–Crippen MR) is 47.4 cm³/mol. The molecule has 0 atom stereocenters. The first-order chi connectivity index (χ1) is 6.38. The minimum absolute atomic E-state index is 0.297. The van der Waals surface area contributed by atoms with E-state index in [-0.39, 0.29) is 5.82 Å². The molecule has 1 aromatic carbocycles. The largest absolute Gasteiger partial charge is 0.236 e. The second kappa shape index (κ2) is 3.31. The lowest BCUT2D eigenvalue weighted by Crippen LogP contribution is -1.89. The standard InChI is InChI=1S/C10H7FN2/c11-9-5-2-1-4-8(9)10-12-6-3-7-13-10/h1-7H. The summed E-state index contributed by atoms with van der Waals surface area (Å²) in [4.78, 5) is 7.92. The third-order valence-corrected chi connectivity index (χ3v) is 1.68. The molecule has 0 saturated carbocycles. The van der Waals surface area contributed by atoms with Crippen molar-refractivity contribution >= 4 is 0 Å². The Bertz CT molecular complexity index is 401. The molecule has 0 saturated heterocycles. The van der Waals surface area contributed by atoms with Crippen molar-refractivity contribution < 1.29 is 4.39 Å². The summed E-state index contributed by atoms with van der Waals surface area (Å²) in [6, 6.07) is 8.15. The topological polar surface area (TPSA) is 25.8 Å². The molecule has 0 aliphatic rings. The zero-order valence-corrected chi connectivity index (χ0v) is 6.81. The van der Waals surface area contributed by atoms with Gasteiger partial charge in [0.15, 0.2) is 5.82 Å². The monoisotopic (exact) mass is 174 g/mol. The second-order valence-electron chi connectivity index (χ2n) is 2.55. The highest BCUT2D eigenvalue weighted by atomic mass is 19.1. The van der Waals surface area contributed by atoms with Gasteiger partial charge in [-0.2, -0.15) is 0 Å². The summed E-state index contributed by atoms with van der Waals surface area (Å²) in [6.07, 6.45) is 3.18. The molecule has 0 fully saturated rings. The van der Waals surface area contributed by atoms with Crippen LogP contribution in [0.2, 0.25) is 0 Å². The maximum atomic E-state index is 13.2. The Morgan fingerprint density at radius 2 is 1.62 bits per heavy atom. The van der Waals surface area contributed by atoms with Gasteiger partial charge < -0.3 is 0 Å². The second-order valence-corrected chi connectivity index (χ2v) is 2.55. The summed E-state index contributed by atoms with van der Waals surface area (Å²) >= 11 is 0. The summed E-state index contributed by atoms with van der Waals surface area (Å²) in [5, 5.41) is 0. The van der Waals surface area contributed by atoms with E-state index < -0.39 is 0 Å². The fourth-order valence-corrected chi connectivity index (χ4v) is 1.08. The third kappa shape index (κ3) is 1.54. The minimum Gasteiger partial charge on any atom is -0.236 e. The molecule has 2 aromatic rings. The van der Waals surface area contributed by atoms with Crippen molar-refractivity contribution in [1.82, 2.24) is 9.97 Å². The van der Waals surface area contributed by atoms with Crippen LogP contribution in [0.4, 0.5) is 4.39 Å². The normalized spacial score (nSPS) is 9.92. The van der Waals surface area contributed by atoms with E-state index in [1.54, 1.807) is 36.7 Å². The molecule has 0 aliphatic heterocycles. The van der Waals surface area contributed by atoms with E-state index in [9.17, 15) is 4.39 Å². The Hall–Kier alpha value is -1.77. The molecule has 0 amide bonds. The first-order valence-corrected chi connectivity index (χ1v) is 3.90. The van der Waals surface area contributed by atoms with Gasteiger partial charge in [-0.15, -0.1) is 0 Å². The summed E-state index contributed by atoms with van der Waals surface area (Å²) in [5.41, 5.74) is 0.433. The van der Waals surface area contributed by atoms with Crippen molar-refractivity contribution in [2.24, 2.45) is 0 Å². The van der Waals surface area contributed by atoms with Gasteiger partial charge in [0.25, 0.3) is 0 Å². The van der Waals surface area contributed by atoms with Crippen molar-refractivity contribution in [3.8, 4) is 11.4 Å². The number of nitrogens with zero attached hydrogens (tertiary/aromatic N) is 2. The van der Waals surface area contributed by atoms with E-state index >= 15 is 0 Å². The molecule has 13 heavy (non-hydrogen) atoms. The number of aromatic nitrogens is 2. The van der Waals surface area contributed by atoms with Crippen LogP contribution >= 0.6 is 0 Å². The van der Waals surface area contributed by atoms with Crippen LogP contribution in [0.25, 0.3) is 11.4 Å². The molecular formula is C10H7FN2. The van der Waals surface area contributed by atoms with Crippen LogP contribution in [0.5, 0.6) is 0 Å². The van der Waals surface area contributed by atoms with E-state index in [1.807, 2.05) is 0 Å². The van der Waals surface area contributed by atoms with Gasteiger partial charge in [-0.05, 0) is 18.2 Å². The van der Waals surface area contributed by atoms with Crippen molar-refractivity contribution in [2.75, 3.05) is 0 Å². The molecule has 0 N–H and O–H groups in total. The van der Waals surface area contributed by atoms with Crippen LogP contribution in [-0.4, -0.2) is 9.97 Å². The Labute approximate surface area is 75.1 Å². The Kier molecular flexibility index (Phi) is 2.00. The highest BCUT2D eigenvalue weighted by molar-refractivity contribution is 5.54. The van der Waals surface area contributed by atoms with Crippen molar-refractivity contribution in [3.05, 3.63) is 48.5 Å². The summed E-state index contributed by atoms with van der Waals surface area (Å²) < 4.78 is 13.2. The van der Waals surface area contributed by atoms with Gasteiger partial charge in [0, 0.05) is 12.4 Å². The van der Waals surface area contributed by atoms with Crippen molar-refractivity contribution in [3.63, 3.8) is 0 Å². The van der Waals surface area contributed by atoms with Crippen LogP contribution in [0.1, 0.15) is 0 Å². The van der Waals surface area contributed by atoms with Gasteiger partial charge in [-0.1, -0.05) is 12.1 Å². The summed E-state index contributed by atoms with van der Waals surface area (Å²) in [6.45, 7) is 0. The predicted octanol–water partition coefficient (Wildman–Crippen LogP) is 2.28. The number of halogens is 1. The Morgan fingerprint density at radius 1 is 0.923 bits per heavy atom. The van der Waals surface area contributed by atoms with Crippen LogP contribution < -0.4 is 0 Å². The van der Waals surface area contributed by atoms with Crippen molar-refractivity contribution in [1.29, 1.82) is 0 Å². The summed E-state index contributed by atoms with van der Waals surface area (Å²) in [5.74, 6) is 0.120. The van der Waals surface area contributed by atoms with E-state index in [0.717, 1.165) is 0 Å². The molecule has 3 heteroatoms. The third-order valence-electron chi connectivity index (χ3n) is 1.68. The van der Waals surface area contributed by atoms with E-state index in [4.69, 9.17) is 0 Å². The maximum Gasteiger partial charge on any atom is 0.162 e. The molecule has 0 unspecified atom stereocenters. The maximum absolute atomic E-state index is 13.2. The molecule has 0 radical (unpaired) electrons. The Morgan fingerprint density at radius 3 is 2.31 bits per heavy atom. The van der Waals surface area contributed by atoms with E-state index in [2.05, 4.69) is 9.97 Å². The number of hydrogen-bond acceptors (Lipinski definition) is 2. The first kappa shape index (κ1) is 7.86. The molecule has 1 heterocycles. The molecule has 0 bridgehead atoms. The van der Waals surface area contributed by atoms with Gasteiger partial charge >= 0.3 is 0 Å². The van der Waals surface area contributed by atoms with Crippen LogP contribution in [0.15, 0.2) is 42.7 Å². The zero-order valence-electron chi connectivity index (χ0n) is 6.81. The highest BCUT2D eigenvalue weighted by Crippen LogP contribution is 2.16. The first-order valence-electron chi connectivity index (χ1n) is 3.90.